The summed E-state index contributed by atoms with van der Waals surface area (Å²) in [5, 5.41) is 22.9. The average molecular weight is 256 g/mol. The van der Waals surface area contributed by atoms with Gasteiger partial charge in [0.2, 0.25) is 0 Å². The van der Waals surface area contributed by atoms with Gasteiger partial charge >= 0.3 is 0 Å². The van der Waals surface area contributed by atoms with Gasteiger partial charge in [-0.3, -0.25) is 10.4 Å². The third-order valence-electron chi connectivity index (χ3n) is 2.03. The zero-order valence-electron chi connectivity index (χ0n) is 8.48. The van der Waals surface area contributed by atoms with E-state index in [0.29, 0.717) is 13.1 Å². The fourth-order valence-corrected chi connectivity index (χ4v) is 3.32. The molecule has 0 spiro atoms. The van der Waals surface area contributed by atoms with Gasteiger partial charge in [0.25, 0.3) is 0 Å². The van der Waals surface area contributed by atoms with Crippen molar-refractivity contribution >= 4 is 21.6 Å². The first kappa shape index (κ1) is 11.7. The highest BCUT2D eigenvalue weighted by atomic mass is 33.1. The second-order valence-electron chi connectivity index (χ2n) is 3.20. The van der Waals surface area contributed by atoms with Crippen molar-refractivity contribution in [1.82, 2.24) is 10.1 Å². The lowest BCUT2D eigenvalue weighted by Gasteiger charge is -2.23. The molecular weight excluding hydrogens is 244 g/mol. The van der Waals surface area contributed by atoms with E-state index in [4.69, 9.17) is 0 Å². The highest BCUT2D eigenvalue weighted by molar-refractivity contribution is 8.79. The monoisotopic (exact) mass is 256 g/mol. The zero-order valence-corrected chi connectivity index (χ0v) is 10.1. The molecule has 0 fully saturated rings. The zero-order chi connectivity index (χ0) is 11.4. The molecule has 2 heterocycles. The van der Waals surface area contributed by atoms with E-state index < -0.39 is 0 Å². The van der Waals surface area contributed by atoms with E-state index in [1.54, 1.807) is 0 Å². The van der Waals surface area contributed by atoms with Gasteiger partial charge in [0, 0.05) is 0 Å². The van der Waals surface area contributed by atoms with Crippen LogP contribution in [0.3, 0.4) is 0 Å². The van der Waals surface area contributed by atoms with Crippen LogP contribution >= 0.6 is 21.6 Å². The molecule has 0 atom stereocenters. The Labute approximate surface area is 102 Å². The molecule has 86 valence electrons. The van der Waals surface area contributed by atoms with Crippen LogP contribution in [0.2, 0.25) is 0 Å². The number of hydroxylamine groups is 4. The Balaban J connectivity index is 1.92. The Hall–Kier alpha value is -0.820. The van der Waals surface area contributed by atoms with Crippen LogP contribution in [0.4, 0.5) is 0 Å². The second kappa shape index (κ2) is 5.49. The molecule has 0 bridgehead atoms. The van der Waals surface area contributed by atoms with Crippen molar-refractivity contribution in [2.24, 2.45) is 0 Å². The van der Waals surface area contributed by atoms with E-state index in [9.17, 15) is 10.4 Å². The van der Waals surface area contributed by atoms with E-state index >= 15 is 0 Å². The van der Waals surface area contributed by atoms with Crippen LogP contribution in [0.25, 0.3) is 0 Å². The topological polar surface area (TPSA) is 46.9 Å². The van der Waals surface area contributed by atoms with Crippen LogP contribution in [0.1, 0.15) is 0 Å². The Kier molecular flexibility index (Phi) is 4.00. The second-order valence-corrected chi connectivity index (χ2v) is 5.37. The van der Waals surface area contributed by atoms with Crippen molar-refractivity contribution in [3.05, 3.63) is 46.5 Å². The van der Waals surface area contributed by atoms with Crippen LogP contribution in [0.15, 0.2) is 46.5 Å². The minimum absolute atomic E-state index is 0.501. The van der Waals surface area contributed by atoms with Crippen molar-refractivity contribution < 1.29 is 10.4 Å². The van der Waals surface area contributed by atoms with Crippen molar-refractivity contribution in [2.45, 2.75) is 0 Å². The summed E-state index contributed by atoms with van der Waals surface area (Å²) in [4.78, 5) is 0. The largest absolute Gasteiger partial charge is 0.288 e. The van der Waals surface area contributed by atoms with Crippen LogP contribution < -0.4 is 0 Å². The number of hydrogen-bond acceptors (Lipinski definition) is 6. The van der Waals surface area contributed by atoms with Gasteiger partial charge in [-0.2, -0.15) is 0 Å². The van der Waals surface area contributed by atoms with Crippen LogP contribution in [-0.2, 0) is 0 Å². The smallest absolute Gasteiger partial charge is 0.108 e. The molecule has 2 aliphatic heterocycles. The molecule has 4 nitrogen and oxygen atoms in total. The highest BCUT2D eigenvalue weighted by Gasteiger charge is 2.13. The van der Waals surface area contributed by atoms with E-state index in [1.807, 2.05) is 36.5 Å². The Morgan fingerprint density at radius 2 is 1.31 bits per heavy atom. The summed E-state index contributed by atoms with van der Waals surface area (Å²) in [5.74, 6) is 0. The summed E-state index contributed by atoms with van der Waals surface area (Å²) < 4.78 is 0. The molecule has 2 rings (SSSR count). The van der Waals surface area contributed by atoms with Crippen molar-refractivity contribution in [1.29, 1.82) is 0 Å². The molecule has 0 aromatic rings. The molecule has 2 aliphatic rings. The van der Waals surface area contributed by atoms with Gasteiger partial charge in [0.1, 0.15) is 10.1 Å². The van der Waals surface area contributed by atoms with Gasteiger partial charge in [0.15, 0.2) is 0 Å². The normalized spacial score (nSPS) is 19.9. The molecule has 0 saturated carbocycles. The molecule has 16 heavy (non-hydrogen) atoms. The lowest BCUT2D eigenvalue weighted by molar-refractivity contribution is -0.0356. The Bertz CT molecular complexity index is 341. The molecule has 0 radical (unpaired) electrons. The predicted octanol–water partition coefficient (Wildman–Crippen LogP) is 2.57. The van der Waals surface area contributed by atoms with Crippen molar-refractivity contribution in [3.63, 3.8) is 0 Å². The van der Waals surface area contributed by atoms with Crippen LogP contribution in [0.5, 0.6) is 0 Å². The van der Waals surface area contributed by atoms with Gasteiger partial charge in [-0.15, -0.1) is 0 Å². The van der Waals surface area contributed by atoms with Crippen molar-refractivity contribution in [2.75, 3.05) is 13.1 Å². The fourth-order valence-electron chi connectivity index (χ4n) is 1.20. The number of hydrogen-bond donors (Lipinski definition) is 2. The summed E-state index contributed by atoms with van der Waals surface area (Å²) in [5.41, 5.74) is 0. The Morgan fingerprint density at radius 3 is 1.69 bits per heavy atom. The highest BCUT2D eigenvalue weighted by Crippen LogP contribution is 2.39. The van der Waals surface area contributed by atoms with Gasteiger partial charge in [-0.05, 0) is 33.7 Å². The van der Waals surface area contributed by atoms with E-state index in [0.717, 1.165) is 10.1 Å². The minimum atomic E-state index is 0.501. The molecule has 6 heteroatoms. The first-order chi connectivity index (χ1) is 7.77. The van der Waals surface area contributed by atoms with E-state index in [-0.39, 0.29) is 0 Å². The van der Waals surface area contributed by atoms with Gasteiger partial charge in [0.05, 0.1) is 13.1 Å². The summed E-state index contributed by atoms with van der Waals surface area (Å²) in [6, 6.07) is 0. The minimum Gasteiger partial charge on any atom is -0.288 e. The maximum absolute atomic E-state index is 9.53. The summed E-state index contributed by atoms with van der Waals surface area (Å²) in [6.07, 6.45) is 11.2. The molecule has 2 N–H and O–H groups in total. The number of rotatable bonds is 3. The molecule has 0 aromatic heterocycles. The first-order valence-corrected chi connectivity index (χ1v) is 6.93. The summed E-state index contributed by atoms with van der Waals surface area (Å²) in [7, 11) is 2.83. The molecule has 0 unspecified atom stereocenters. The predicted molar refractivity (Wildman–Crippen MR) is 66.6 cm³/mol. The molecular formula is C10H12N2O2S2. The maximum atomic E-state index is 9.53. The lowest BCUT2D eigenvalue weighted by atomic mass is 10.4. The van der Waals surface area contributed by atoms with E-state index in [2.05, 4.69) is 0 Å². The molecule has 0 amide bonds. The van der Waals surface area contributed by atoms with Crippen molar-refractivity contribution in [3.8, 4) is 0 Å². The third kappa shape index (κ3) is 2.85. The standard InChI is InChI=1S/C10H12N2O2S2/c13-11-7-3-1-5-9(11)15-16-10-6-2-4-8-12(10)14/h1-6,13-14H,7-8H2. The van der Waals surface area contributed by atoms with E-state index in [1.165, 1.54) is 31.7 Å². The lowest BCUT2D eigenvalue weighted by Crippen LogP contribution is -2.20. The van der Waals surface area contributed by atoms with Gasteiger partial charge < -0.3 is 0 Å². The molecule has 0 aromatic carbocycles. The Morgan fingerprint density at radius 1 is 0.875 bits per heavy atom. The quantitative estimate of drug-likeness (QED) is 0.757. The first-order valence-electron chi connectivity index (χ1n) is 4.78. The molecule has 0 aliphatic carbocycles. The summed E-state index contributed by atoms with van der Waals surface area (Å²) >= 11 is 0. The SMILES string of the molecule is ON1CC=CC=C1SSC1=CC=CCN1O. The average Bonchev–Trinajstić information content (AvgIpc) is 2.30. The fraction of sp³-hybridized carbons (Fsp3) is 0.200. The molecule has 0 saturated heterocycles. The summed E-state index contributed by atoms with van der Waals surface area (Å²) in [6.45, 7) is 1.00. The van der Waals surface area contributed by atoms with Crippen LogP contribution in [-0.4, -0.2) is 33.6 Å². The van der Waals surface area contributed by atoms with Gasteiger partial charge in [-0.1, -0.05) is 24.3 Å². The number of nitrogens with zero attached hydrogens (tertiary/aromatic N) is 2. The van der Waals surface area contributed by atoms with Crippen LogP contribution in [0, 0.1) is 0 Å². The van der Waals surface area contributed by atoms with Gasteiger partial charge in [-0.25, -0.2) is 10.1 Å². The maximum Gasteiger partial charge on any atom is 0.108 e. The third-order valence-corrected chi connectivity index (χ3v) is 4.42. The number of allylic oxidation sites excluding steroid dienone is 4.